The van der Waals surface area contributed by atoms with E-state index >= 15 is 0 Å². The highest BCUT2D eigenvalue weighted by atomic mass is 35.5. The Hall–Kier alpha value is -4.31. The van der Waals surface area contributed by atoms with Crippen LogP contribution in [-0.4, -0.2) is 54.6 Å². The molecule has 4 aromatic rings. The first-order valence-corrected chi connectivity index (χ1v) is 12.5. The van der Waals surface area contributed by atoms with Gasteiger partial charge in [0, 0.05) is 34.5 Å². The number of aryl methyl sites for hydroxylation is 1. The van der Waals surface area contributed by atoms with Crippen LogP contribution in [0, 0.1) is 6.92 Å². The van der Waals surface area contributed by atoms with Crippen LogP contribution >= 0.6 is 11.6 Å². The van der Waals surface area contributed by atoms with Crippen molar-refractivity contribution in [1.29, 1.82) is 0 Å². The molecule has 10 nitrogen and oxygen atoms in total. The van der Waals surface area contributed by atoms with Crippen molar-refractivity contribution in [1.82, 2.24) is 9.88 Å². The summed E-state index contributed by atoms with van der Waals surface area (Å²) in [6.07, 6.45) is 0.0626. The average molecular weight is 553 g/mol. The van der Waals surface area contributed by atoms with Gasteiger partial charge in [-0.3, -0.25) is 9.59 Å². The zero-order valence-electron chi connectivity index (χ0n) is 21.5. The second-order valence-corrected chi connectivity index (χ2v) is 9.61. The molecule has 0 spiro atoms. The number of fused-ring (bicyclic) bond motifs is 4. The molecule has 0 saturated heterocycles. The molecule has 1 unspecified atom stereocenters. The number of amides is 1. The summed E-state index contributed by atoms with van der Waals surface area (Å²) in [5.41, 5.74) is 2.94. The number of carbonyl (C=O) groups excluding carboxylic acids is 3. The fourth-order valence-electron chi connectivity index (χ4n) is 4.96. The van der Waals surface area contributed by atoms with Crippen LogP contribution in [0.4, 0.5) is 0 Å². The molecular weight excluding hydrogens is 528 g/mol. The lowest BCUT2D eigenvalue weighted by molar-refractivity contribution is -0.154. The van der Waals surface area contributed by atoms with Gasteiger partial charge in [0.2, 0.25) is 0 Å². The van der Waals surface area contributed by atoms with Crippen molar-refractivity contribution in [2.24, 2.45) is 0 Å². The highest BCUT2D eigenvalue weighted by molar-refractivity contribution is 6.32. The molecule has 1 atom stereocenters. The molecule has 1 aliphatic heterocycles. The Balaban J connectivity index is 1.40. The van der Waals surface area contributed by atoms with Crippen LogP contribution in [0.5, 0.6) is 5.75 Å². The maximum Gasteiger partial charge on any atom is 0.340 e. The predicted molar refractivity (Wildman–Crippen MR) is 142 cm³/mol. The number of halogens is 1. The van der Waals surface area contributed by atoms with E-state index in [1.165, 1.54) is 25.2 Å². The van der Waals surface area contributed by atoms with E-state index in [0.29, 0.717) is 17.4 Å². The maximum absolute atomic E-state index is 13.3. The Morgan fingerprint density at radius 1 is 1.13 bits per heavy atom. The molecule has 0 saturated carbocycles. The first-order valence-electron chi connectivity index (χ1n) is 12.1. The number of carbonyl (C=O) groups is 3. The molecule has 2 aromatic carbocycles. The molecule has 0 fully saturated rings. The summed E-state index contributed by atoms with van der Waals surface area (Å²) in [7, 11) is 2.52. The maximum atomic E-state index is 13.3. The smallest absolute Gasteiger partial charge is 0.340 e. The number of esters is 2. The quantitative estimate of drug-likeness (QED) is 0.284. The normalized spacial score (nSPS) is 14.8. The Morgan fingerprint density at radius 3 is 2.64 bits per heavy atom. The van der Waals surface area contributed by atoms with Crippen molar-refractivity contribution in [3.63, 3.8) is 0 Å². The number of aromatic nitrogens is 1. The summed E-state index contributed by atoms with van der Waals surface area (Å²) in [5, 5.41) is 1.70. The molecule has 1 aliphatic rings. The molecule has 1 N–H and O–H groups in total. The van der Waals surface area contributed by atoms with Gasteiger partial charge in [-0.25, -0.2) is 9.59 Å². The second-order valence-electron chi connectivity index (χ2n) is 9.21. The molecule has 11 heteroatoms. The third kappa shape index (κ3) is 4.83. The van der Waals surface area contributed by atoms with Gasteiger partial charge in [0.1, 0.15) is 17.4 Å². The molecule has 0 aliphatic carbocycles. The fraction of sp³-hybridized carbons (Fsp3) is 0.286. The number of para-hydroxylation sites is 1. The van der Waals surface area contributed by atoms with E-state index < -0.39 is 36.1 Å². The lowest BCUT2D eigenvalue weighted by Crippen LogP contribution is -2.50. The zero-order valence-corrected chi connectivity index (χ0v) is 22.2. The molecule has 2 aromatic heterocycles. The SMILES string of the molecule is COC(=O)Cc1c(C)c2cc(Cl)c(OCC(=O)N3Cc4[nH]c5ccccc5c4CC3C(=O)OC)cc2oc1=O. The van der Waals surface area contributed by atoms with Crippen LogP contribution in [0.25, 0.3) is 21.9 Å². The number of rotatable bonds is 6. The Labute approximate surface area is 227 Å². The number of hydrogen-bond acceptors (Lipinski definition) is 8. The van der Waals surface area contributed by atoms with E-state index in [1.807, 2.05) is 24.3 Å². The predicted octanol–water partition coefficient (Wildman–Crippen LogP) is 3.46. The molecule has 1 amide bonds. The summed E-state index contributed by atoms with van der Waals surface area (Å²) >= 11 is 6.44. The molecule has 202 valence electrons. The Morgan fingerprint density at radius 2 is 1.90 bits per heavy atom. The van der Waals surface area contributed by atoms with E-state index in [2.05, 4.69) is 9.72 Å². The number of methoxy groups -OCH3 is 2. The number of hydrogen-bond donors (Lipinski definition) is 1. The first-order chi connectivity index (χ1) is 18.7. The molecular formula is C28H25ClN2O8. The molecule has 3 heterocycles. The molecule has 0 radical (unpaired) electrons. The summed E-state index contributed by atoms with van der Waals surface area (Å²) in [6, 6.07) is 9.89. The minimum absolute atomic E-state index is 0.124. The third-order valence-electron chi connectivity index (χ3n) is 7.04. The zero-order chi connectivity index (χ0) is 27.8. The summed E-state index contributed by atoms with van der Waals surface area (Å²) in [4.78, 5) is 54.9. The van der Waals surface area contributed by atoms with Gasteiger partial charge < -0.3 is 28.5 Å². The van der Waals surface area contributed by atoms with E-state index in [1.54, 1.807) is 13.0 Å². The number of benzene rings is 2. The fourth-order valence-corrected chi connectivity index (χ4v) is 5.18. The van der Waals surface area contributed by atoms with Crippen molar-refractivity contribution >= 4 is 51.3 Å². The highest BCUT2D eigenvalue weighted by Crippen LogP contribution is 2.33. The summed E-state index contributed by atoms with van der Waals surface area (Å²) in [5.74, 6) is -1.42. The lowest BCUT2D eigenvalue weighted by atomic mass is 9.96. The van der Waals surface area contributed by atoms with Crippen LogP contribution in [0.15, 0.2) is 45.6 Å². The van der Waals surface area contributed by atoms with Gasteiger partial charge in [0.25, 0.3) is 5.91 Å². The average Bonchev–Trinajstić information content (AvgIpc) is 3.30. The molecule has 0 bridgehead atoms. The Bertz CT molecular complexity index is 1690. The number of H-pyrrole nitrogens is 1. The van der Waals surface area contributed by atoms with Crippen LogP contribution in [0.2, 0.25) is 5.02 Å². The van der Waals surface area contributed by atoms with Gasteiger partial charge in [-0.15, -0.1) is 0 Å². The van der Waals surface area contributed by atoms with Gasteiger partial charge in [-0.1, -0.05) is 29.8 Å². The van der Waals surface area contributed by atoms with Crippen molar-refractivity contribution in [3.05, 3.63) is 74.2 Å². The number of aromatic amines is 1. The van der Waals surface area contributed by atoms with E-state index in [0.717, 1.165) is 22.2 Å². The van der Waals surface area contributed by atoms with Gasteiger partial charge in [0.05, 0.1) is 37.8 Å². The van der Waals surface area contributed by atoms with Crippen molar-refractivity contribution in [2.75, 3.05) is 20.8 Å². The van der Waals surface area contributed by atoms with Crippen molar-refractivity contribution in [3.8, 4) is 5.75 Å². The minimum atomic E-state index is -0.821. The summed E-state index contributed by atoms with van der Waals surface area (Å²) < 4.78 is 20.8. The van der Waals surface area contributed by atoms with Crippen molar-refractivity contribution < 1.29 is 33.0 Å². The van der Waals surface area contributed by atoms with Gasteiger partial charge in [-0.2, -0.15) is 0 Å². The second kappa shape index (κ2) is 10.5. The van der Waals surface area contributed by atoms with Gasteiger partial charge >= 0.3 is 17.6 Å². The van der Waals surface area contributed by atoms with Crippen LogP contribution in [-0.2, 0) is 43.2 Å². The standard InChI is InChI=1S/C28H25ClN2O8/c1-14-16-8-19(29)24(11-23(16)39-27(34)17(14)10-26(33)36-2)38-13-25(32)31-12-21-18(9-22(31)28(35)37-3)15-6-4-5-7-20(15)30-21/h4-8,11,22,30H,9-10,12-13H2,1-3H3. The van der Waals surface area contributed by atoms with Crippen LogP contribution in [0.3, 0.4) is 0 Å². The highest BCUT2D eigenvalue weighted by Gasteiger charge is 2.37. The van der Waals surface area contributed by atoms with Crippen LogP contribution < -0.4 is 10.4 Å². The summed E-state index contributed by atoms with van der Waals surface area (Å²) in [6.45, 7) is 1.44. The lowest BCUT2D eigenvalue weighted by Gasteiger charge is -2.33. The van der Waals surface area contributed by atoms with Crippen LogP contribution in [0.1, 0.15) is 22.4 Å². The third-order valence-corrected chi connectivity index (χ3v) is 7.33. The van der Waals surface area contributed by atoms with Gasteiger partial charge in [0.15, 0.2) is 6.61 Å². The monoisotopic (exact) mass is 552 g/mol. The molecule has 5 rings (SSSR count). The minimum Gasteiger partial charge on any atom is -0.482 e. The van der Waals surface area contributed by atoms with E-state index in [4.69, 9.17) is 25.5 Å². The van der Waals surface area contributed by atoms with Gasteiger partial charge in [-0.05, 0) is 30.2 Å². The largest absolute Gasteiger partial charge is 0.482 e. The molecule has 39 heavy (non-hydrogen) atoms. The van der Waals surface area contributed by atoms with Crippen molar-refractivity contribution in [2.45, 2.75) is 32.4 Å². The topological polar surface area (TPSA) is 128 Å². The number of ether oxygens (including phenoxy) is 3. The Kier molecular flexibility index (Phi) is 7.05. The first kappa shape index (κ1) is 26.3. The number of nitrogens with one attached hydrogen (secondary N) is 1. The van der Waals surface area contributed by atoms with E-state index in [-0.39, 0.29) is 34.9 Å². The van der Waals surface area contributed by atoms with E-state index in [9.17, 15) is 19.2 Å². The number of nitrogens with zero attached hydrogens (tertiary/aromatic N) is 1.